The number of carbonyl (C=O) groups excluding carboxylic acids is 1. The van der Waals surface area contributed by atoms with E-state index in [1.165, 1.54) is 0 Å². The Morgan fingerprint density at radius 3 is 2.61 bits per heavy atom. The summed E-state index contributed by atoms with van der Waals surface area (Å²) in [6, 6.07) is 9.71. The van der Waals surface area contributed by atoms with Crippen LogP contribution in [0.4, 0.5) is 0 Å². The van der Waals surface area contributed by atoms with Crippen molar-refractivity contribution in [1.29, 1.82) is 0 Å². The first-order valence-corrected chi connectivity index (χ1v) is 13.2. The standard InChI is InChI=1S/C29H35NO4.C2H6/c1-21-14-18-27(34-21)20-30-28(31)22-8-6-11-24(16-15-22)29(32,23-9-4-3-5-10-23)25-12-7-13-26(33-2)19-17-25;1-2/h3-5,7,9-11,13,15-17,19,21-22,27,32H,6,8,12,14,18,20H2,1-2H3,(H,30,31);1-2H3/t21-,22?,27-,29?;/m0./s1. The minimum Gasteiger partial charge on any atom is -0.497 e. The van der Waals surface area contributed by atoms with Gasteiger partial charge < -0.3 is 19.9 Å². The molecule has 0 radical (unpaired) electrons. The zero-order valence-electron chi connectivity index (χ0n) is 22.1. The van der Waals surface area contributed by atoms with Crippen molar-refractivity contribution in [2.75, 3.05) is 13.7 Å². The Bertz CT molecular complexity index is 1020. The third-order valence-electron chi connectivity index (χ3n) is 6.89. The molecule has 5 nitrogen and oxygen atoms in total. The zero-order chi connectivity index (χ0) is 26.0. The molecule has 36 heavy (non-hydrogen) atoms. The highest BCUT2D eigenvalue weighted by atomic mass is 16.5. The molecule has 4 atom stereocenters. The van der Waals surface area contributed by atoms with Crippen LogP contribution < -0.4 is 5.32 Å². The van der Waals surface area contributed by atoms with Gasteiger partial charge >= 0.3 is 0 Å². The second-order valence-electron chi connectivity index (χ2n) is 9.24. The molecule has 194 valence electrons. The first kappa shape index (κ1) is 27.7. The number of amides is 1. The first-order valence-electron chi connectivity index (χ1n) is 13.2. The van der Waals surface area contributed by atoms with E-state index < -0.39 is 5.60 Å². The van der Waals surface area contributed by atoms with Gasteiger partial charge in [-0.05, 0) is 67.9 Å². The lowest BCUT2D eigenvalue weighted by Gasteiger charge is -2.33. The lowest BCUT2D eigenvalue weighted by Crippen LogP contribution is -2.35. The third kappa shape index (κ3) is 6.65. The second kappa shape index (κ2) is 13.4. The van der Waals surface area contributed by atoms with Crippen LogP contribution in [0, 0.1) is 5.92 Å². The summed E-state index contributed by atoms with van der Waals surface area (Å²) >= 11 is 0. The molecule has 0 spiro atoms. The van der Waals surface area contributed by atoms with E-state index in [2.05, 4.69) is 18.3 Å². The SMILES string of the molecule is CC.COC1=CC=C(C(O)(C2=CCCC(C(=O)NC[C@@H]3CC[C@H](C)O3)C=C2)c2ccccc2)CC=C1. The van der Waals surface area contributed by atoms with E-state index in [1.807, 2.05) is 80.6 Å². The number of benzene rings is 1. The quantitative estimate of drug-likeness (QED) is 0.499. The fraction of sp³-hybridized carbons (Fsp3) is 0.452. The second-order valence-corrected chi connectivity index (χ2v) is 9.24. The summed E-state index contributed by atoms with van der Waals surface area (Å²) in [4.78, 5) is 12.9. The largest absolute Gasteiger partial charge is 0.497 e. The third-order valence-corrected chi connectivity index (χ3v) is 6.89. The lowest BCUT2D eigenvalue weighted by molar-refractivity contribution is -0.124. The number of hydrogen-bond acceptors (Lipinski definition) is 4. The van der Waals surface area contributed by atoms with E-state index in [0.29, 0.717) is 25.8 Å². The number of hydrogen-bond donors (Lipinski definition) is 2. The molecule has 1 heterocycles. The van der Waals surface area contributed by atoms with Gasteiger partial charge in [0.2, 0.25) is 5.91 Å². The highest BCUT2D eigenvalue weighted by Gasteiger charge is 2.37. The maximum atomic E-state index is 12.9. The van der Waals surface area contributed by atoms with Gasteiger partial charge in [0.25, 0.3) is 0 Å². The van der Waals surface area contributed by atoms with Crippen LogP contribution in [0.5, 0.6) is 0 Å². The molecule has 1 aromatic carbocycles. The molecule has 0 saturated carbocycles. The topological polar surface area (TPSA) is 67.8 Å². The van der Waals surface area contributed by atoms with Gasteiger partial charge in [0.15, 0.2) is 0 Å². The van der Waals surface area contributed by atoms with Gasteiger partial charge in [-0.3, -0.25) is 4.79 Å². The number of rotatable bonds is 7. The van der Waals surface area contributed by atoms with Crippen LogP contribution in [0.2, 0.25) is 0 Å². The molecule has 2 unspecified atom stereocenters. The smallest absolute Gasteiger partial charge is 0.227 e. The van der Waals surface area contributed by atoms with Gasteiger partial charge in [0, 0.05) is 6.54 Å². The van der Waals surface area contributed by atoms with Gasteiger partial charge in [-0.15, -0.1) is 0 Å². The number of carbonyl (C=O) groups is 1. The van der Waals surface area contributed by atoms with Crippen molar-refractivity contribution in [3.05, 3.63) is 95.3 Å². The van der Waals surface area contributed by atoms with Gasteiger partial charge in [0.05, 0.1) is 25.2 Å². The van der Waals surface area contributed by atoms with Gasteiger partial charge in [0.1, 0.15) is 11.4 Å². The molecule has 1 aromatic rings. The Hall–Kier alpha value is -2.89. The Labute approximate surface area is 216 Å². The average Bonchev–Trinajstić information content (AvgIpc) is 3.11. The van der Waals surface area contributed by atoms with Crippen LogP contribution in [-0.4, -0.2) is 36.9 Å². The molecule has 3 aliphatic rings. The van der Waals surface area contributed by atoms with E-state index in [-0.39, 0.29) is 24.0 Å². The predicted molar refractivity (Wildman–Crippen MR) is 145 cm³/mol. The summed E-state index contributed by atoms with van der Waals surface area (Å²) in [6.07, 6.45) is 18.1. The number of nitrogens with one attached hydrogen (secondary N) is 1. The minimum absolute atomic E-state index is 0.0154. The van der Waals surface area contributed by atoms with Crippen molar-refractivity contribution in [3.63, 3.8) is 0 Å². The van der Waals surface area contributed by atoms with Crippen molar-refractivity contribution in [2.24, 2.45) is 5.92 Å². The molecule has 4 rings (SSSR count). The highest BCUT2D eigenvalue weighted by Crippen LogP contribution is 2.41. The van der Waals surface area contributed by atoms with Gasteiger partial charge in [-0.2, -0.15) is 0 Å². The van der Waals surface area contributed by atoms with Crippen LogP contribution >= 0.6 is 0 Å². The Morgan fingerprint density at radius 2 is 1.92 bits per heavy atom. The fourth-order valence-corrected chi connectivity index (χ4v) is 4.90. The molecule has 1 aliphatic heterocycles. The van der Waals surface area contributed by atoms with E-state index >= 15 is 0 Å². The first-order chi connectivity index (χ1) is 17.5. The Kier molecular flexibility index (Phi) is 10.3. The molecule has 1 saturated heterocycles. The Balaban J connectivity index is 0.00000176. The molecule has 0 bridgehead atoms. The van der Waals surface area contributed by atoms with E-state index in [0.717, 1.165) is 35.3 Å². The maximum Gasteiger partial charge on any atom is 0.227 e. The van der Waals surface area contributed by atoms with Crippen molar-refractivity contribution >= 4 is 5.91 Å². The summed E-state index contributed by atoms with van der Waals surface area (Å²) in [6.45, 7) is 6.62. The summed E-state index contributed by atoms with van der Waals surface area (Å²) in [7, 11) is 1.64. The normalized spacial score (nSPS) is 25.1. The van der Waals surface area contributed by atoms with Crippen molar-refractivity contribution in [2.45, 2.75) is 70.7 Å². The number of methoxy groups -OCH3 is 1. The molecule has 1 fully saturated rings. The fourth-order valence-electron chi connectivity index (χ4n) is 4.90. The van der Waals surface area contributed by atoms with E-state index in [4.69, 9.17) is 9.47 Å². The van der Waals surface area contributed by atoms with Crippen LogP contribution in [0.15, 0.2) is 89.8 Å². The summed E-state index contributed by atoms with van der Waals surface area (Å²) in [5.74, 6) is 0.519. The number of aliphatic hydroxyl groups is 1. The van der Waals surface area contributed by atoms with Crippen LogP contribution in [0.1, 0.15) is 58.4 Å². The van der Waals surface area contributed by atoms with Gasteiger partial charge in [-0.1, -0.05) is 74.6 Å². The van der Waals surface area contributed by atoms with Crippen LogP contribution in [0.3, 0.4) is 0 Å². The maximum absolute atomic E-state index is 12.9. The number of allylic oxidation sites excluding steroid dienone is 5. The molecule has 0 aromatic heterocycles. The van der Waals surface area contributed by atoms with Crippen molar-refractivity contribution in [3.8, 4) is 0 Å². The van der Waals surface area contributed by atoms with Crippen LogP contribution in [0.25, 0.3) is 0 Å². The van der Waals surface area contributed by atoms with E-state index in [9.17, 15) is 9.90 Å². The lowest BCUT2D eigenvalue weighted by atomic mass is 9.77. The molecular formula is C31H41NO4. The van der Waals surface area contributed by atoms with E-state index in [1.54, 1.807) is 7.11 Å². The average molecular weight is 492 g/mol. The van der Waals surface area contributed by atoms with Crippen molar-refractivity contribution in [1.82, 2.24) is 5.32 Å². The zero-order valence-corrected chi connectivity index (χ0v) is 22.1. The number of ether oxygens (including phenoxy) is 2. The minimum atomic E-state index is -1.30. The van der Waals surface area contributed by atoms with Gasteiger partial charge in [-0.25, -0.2) is 0 Å². The van der Waals surface area contributed by atoms with Crippen LogP contribution in [-0.2, 0) is 19.9 Å². The monoisotopic (exact) mass is 491 g/mol. The summed E-state index contributed by atoms with van der Waals surface area (Å²) in [5.41, 5.74) is 1.14. The molecule has 2 aliphatic carbocycles. The summed E-state index contributed by atoms with van der Waals surface area (Å²) < 4.78 is 11.2. The summed E-state index contributed by atoms with van der Waals surface area (Å²) in [5, 5.41) is 15.3. The molecule has 1 amide bonds. The molecular weight excluding hydrogens is 450 g/mol. The highest BCUT2D eigenvalue weighted by molar-refractivity contribution is 5.80. The predicted octanol–water partition coefficient (Wildman–Crippen LogP) is 5.89. The van der Waals surface area contributed by atoms with Crippen molar-refractivity contribution < 1.29 is 19.4 Å². The molecule has 5 heteroatoms. The molecule has 2 N–H and O–H groups in total. The Morgan fingerprint density at radius 1 is 1.14 bits per heavy atom.